The van der Waals surface area contributed by atoms with Crippen LogP contribution in [0, 0.1) is 0 Å². The first-order valence-electron chi connectivity index (χ1n) is 13.7. The van der Waals surface area contributed by atoms with E-state index in [9.17, 15) is 9.18 Å². The van der Waals surface area contributed by atoms with Crippen LogP contribution in [-0.2, 0) is 14.2 Å². The molecule has 2 aromatic carbocycles. The van der Waals surface area contributed by atoms with Gasteiger partial charge in [0, 0.05) is 25.4 Å². The Hall–Kier alpha value is -3.86. The van der Waals surface area contributed by atoms with Crippen molar-refractivity contribution in [2.24, 2.45) is 0 Å². The number of carbonyl (C=O) groups is 1. The number of hydrogen-bond donors (Lipinski definition) is 0. The van der Waals surface area contributed by atoms with E-state index in [2.05, 4.69) is 4.98 Å². The molecule has 0 aliphatic carbocycles. The molecule has 4 aromatic rings. The summed E-state index contributed by atoms with van der Waals surface area (Å²) in [6, 6.07) is 17.6. The minimum atomic E-state index is -0.658. The quantitative estimate of drug-likeness (QED) is 0.116. The topological polar surface area (TPSA) is 83.0 Å². The van der Waals surface area contributed by atoms with Gasteiger partial charge in [-0.05, 0) is 68.7 Å². The molecule has 0 saturated heterocycles. The minimum Gasteiger partial charge on any atom is -0.468 e. The summed E-state index contributed by atoms with van der Waals surface area (Å²) in [5.74, 6) is 1.15. The fraction of sp³-hybridized carbons (Fsp3) is 0.344. The number of alkyl halides is 1. The molecule has 0 spiro atoms. The number of rotatable bonds is 13. The summed E-state index contributed by atoms with van der Waals surface area (Å²) >= 11 is 1.61. The summed E-state index contributed by atoms with van der Waals surface area (Å²) in [4.78, 5) is 23.2. The van der Waals surface area contributed by atoms with Crippen LogP contribution in [0.1, 0.15) is 38.3 Å². The van der Waals surface area contributed by atoms with Crippen LogP contribution in [-0.4, -0.2) is 62.0 Å². The number of carbonyl (C=O) groups excluding carboxylic acids is 1. The highest BCUT2D eigenvalue weighted by atomic mass is 32.1. The predicted octanol–water partition coefficient (Wildman–Crippen LogP) is 7.63. The molecule has 8 nitrogen and oxygen atoms in total. The Morgan fingerprint density at radius 3 is 2.48 bits per heavy atom. The number of methoxy groups -OCH3 is 1. The van der Waals surface area contributed by atoms with Gasteiger partial charge in [0.05, 0.1) is 30.1 Å². The van der Waals surface area contributed by atoms with E-state index < -0.39 is 18.4 Å². The van der Waals surface area contributed by atoms with E-state index in [1.165, 1.54) is 4.90 Å². The maximum atomic E-state index is 12.8. The van der Waals surface area contributed by atoms with E-state index in [0.717, 1.165) is 37.7 Å². The summed E-state index contributed by atoms with van der Waals surface area (Å²) in [5, 5.41) is 0.927. The first-order chi connectivity index (χ1) is 20.3. The number of aromatic nitrogens is 2. The maximum absolute atomic E-state index is 12.8. The molecule has 0 fully saturated rings. The number of nitrogens with zero attached hydrogens (tertiary/aromatic N) is 3. The molecule has 0 aliphatic heterocycles. The third-order valence-electron chi connectivity index (χ3n) is 5.90. The molecule has 2 aromatic heterocycles. The predicted molar refractivity (Wildman–Crippen MR) is 166 cm³/mol. The molecular weight excluding hydrogens is 557 g/mol. The number of anilines is 1. The zero-order valence-electron chi connectivity index (χ0n) is 24.3. The molecule has 0 atom stereocenters. The lowest BCUT2D eigenvalue weighted by atomic mass is 10.1. The van der Waals surface area contributed by atoms with Gasteiger partial charge in [-0.15, -0.1) is 11.3 Å². The van der Waals surface area contributed by atoms with Crippen molar-refractivity contribution in [2.75, 3.05) is 45.2 Å². The van der Waals surface area contributed by atoms with E-state index in [-0.39, 0.29) is 19.8 Å². The van der Waals surface area contributed by atoms with Crippen molar-refractivity contribution < 1.29 is 28.1 Å². The summed E-state index contributed by atoms with van der Waals surface area (Å²) in [5.41, 5.74) is 3.17. The van der Waals surface area contributed by atoms with Gasteiger partial charge in [-0.1, -0.05) is 36.4 Å². The lowest BCUT2D eigenvalue weighted by Gasteiger charge is -2.26. The van der Waals surface area contributed by atoms with Crippen molar-refractivity contribution in [2.45, 2.75) is 32.8 Å². The zero-order valence-corrected chi connectivity index (χ0v) is 25.2. The molecule has 42 heavy (non-hydrogen) atoms. The van der Waals surface area contributed by atoms with Crippen LogP contribution in [0.25, 0.3) is 32.9 Å². The first kappa shape index (κ1) is 31.1. The molecule has 222 valence electrons. The van der Waals surface area contributed by atoms with Crippen molar-refractivity contribution in [1.29, 1.82) is 0 Å². The van der Waals surface area contributed by atoms with Gasteiger partial charge in [-0.25, -0.2) is 14.8 Å². The Labute approximate surface area is 249 Å². The maximum Gasteiger partial charge on any atom is 0.416 e. The van der Waals surface area contributed by atoms with Crippen LogP contribution in [0.5, 0.6) is 5.75 Å². The average Bonchev–Trinajstić information content (AvgIpc) is 3.40. The van der Waals surface area contributed by atoms with Crippen LogP contribution in [0.3, 0.4) is 0 Å². The molecule has 2 heterocycles. The standard InChI is InChI=1S/C32H36FN3O5S/c1-32(2,3)41-31(37)36(17-5-16-33)29-15-10-24(21-34-29)7-6-23-8-11-25(12-9-23)30-35-27-14-13-26(20-28(27)42-30)40-22-39-19-18-38-4/h6-15,20-21H,5,16-19,22H2,1-4H3/b7-6+. The van der Waals surface area contributed by atoms with Gasteiger partial charge in [0.15, 0.2) is 6.79 Å². The van der Waals surface area contributed by atoms with Gasteiger partial charge < -0.3 is 18.9 Å². The van der Waals surface area contributed by atoms with E-state index in [1.807, 2.05) is 60.7 Å². The Morgan fingerprint density at radius 2 is 1.79 bits per heavy atom. The van der Waals surface area contributed by atoms with Crippen molar-refractivity contribution >= 4 is 45.6 Å². The van der Waals surface area contributed by atoms with Crippen molar-refractivity contribution in [3.8, 4) is 16.3 Å². The van der Waals surface area contributed by atoms with E-state index >= 15 is 0 Å². The minimum absolute atomic E-state index is 0.167. The highest BCUT2D eigenvalue weighted by Crippen LogP contribution is 2.32. The highest BCUT2D eigenvalue weighted by Gasteiger charge is 2.24. The van der Waals surface area contributed by atoms with E-state index in [0.29, 0.717) is 19.0 Å². The van der Waals surface area contributed by atoms with Crippen molar-refractivity contribution in [3.63, 3.8) is 0 Å². The second-order valence-corrected chi connectivity index (χ2v) is 11.4. The van der Waals surface area contributed by atoms with Gasteiger partial charge in [-0.3, -0.25) is 9.29 Å². The molecule has 0 bridgehead atoms. The number of ether oxygens (including phenoxy) is 4. The van der Waals surface area contributed by atoms with Crippen LogP contribution < -0.4 is 9.64 Å². The summed E-state index contributed by atoms with van der Waals surface area (Å²) in [6.07, 6.45) is 5.28. The molecule has 0 saturated carbocycles. The zero-order chi connectivity index (χ0) is 30.0. The van der Waals surface area contributed by atoms with Crippen LogP contribution in [0.4, 0.5) is 15.0 Å². The third kappa shape index (κ3) is 9.07. The van der Waals surface area contributed by atoms with Gasteiger partial charge >= 0.3 is 6.09 Å². The molecule has 4 rings (SSSR count). The fourth-order valence-electron chi connectivity index (χ4n) is 3.85. The normalized spacial score (nSPS) is 11.7. The van der Waals surface area contributed by atoms with E-state index in [4.69, 9.17) is 23.9 Å². The second-order valence-electron chi connectivity index (χ2n) is 10.4. The lowest BCUT2D eigenvalue weighted by molar-refractivity contribution is -0.00840. The molecular formula is C32H36FN3O5S. The van der Waals surface area contributed by atoms with Gasteiger partial charge in [-0.2, -0.15) is 0 Å². The Bertz CT molecular complexity index is 1470. The number of amides is 1. The van der Waals surface area contributed by atoms with Gasteiger partial charge in [0.1, 0.15) is 22.2 Å². The van der Waals surface area contributed by atoms with Crippen LogP contribution in [0.2, 0.25) is 0 Å². The number of hydrogen-bond acceptors (Lipinski definition) is 8. The summed E-state index contributed by atoms with van der Waals surface area (Å²) < 4.78 is 35.3. The van der Waals surface area contributed by atoms with Crippen LogP contribution in [0.15, 0.2) is 60.8 Å². The molecule has 0 radical (unpaired) electrons. The lowest BCUT2D eigenvalue weighted by Crippen LogP contribution is -2.38. The largest absolute Gasteiger partial charge is 0.468 e. The molecule has 0 aliphatic rings. The molecule has 10 heteroatoms. The number of benzene rings is 2. The number of thiazole rings is 1. The summed E-state index contributed by atoms with van der Waals surface area (Å²) in [7, 11) is 1.63. The molecule has 0 unspecified atom stereocenters. The third-order valence-corrected chi connectivity index (χ3v) is 6.97. The van der Waals surface area contributed by atoms with Crippen molar-refractivity contribution in [3.05, 3.63) is 71.9 Å². The number of pyridine rings is 1. The smallest absolute Gasteiger partial charge is 0.416 e. The summed E-state index contributed by atoms with van der Waals surface area (Å²) in [6.45, 7) is 6.21. The van der Waals surface area contributed by atoms with Crippen molar-refractivity contribution in [1.82, 2.24) is 9.97 Å². The Kier molecular flexibility index (Phi) is 11.0. The first-order valence-corrected chi connectivity index (χ1v) is 14.5. The second kappa shape index (κ2) is 14.9. The molecule has 0 N–H and O–H groups in total. The highest BCUT2D eigenvalue weighted by molar-refractivity contribution is 7.21. The Morgan fingerprint density at radius 1 is 1.02 bits per heavy atom. The average molecular weight is 594 g/mol. The fourth-order valence-corrected chi connectivity index (χ4v) is 4.85. The Balaban J connectivity index is 1.38. The number of halogens is 1. The van der Waals surface area contributed by atoms with Gasteiger partial charge in [0.2, 0.25) is 0 Å². The van der Waals surface area contributed by atoms with Crippen LogP contribution >= 0.6 is 11.3 Å². The van der Waals surface area contributed by atoms with Gasteiger partial charge in [0.25, 0.3) is 0 Å². The number of fused-ring (bicyclic) bond motifs is 1. The molecule has 1 amide bonds. The SMILES string of the molecule is COCCOCOc1ccc2nc(-c3ccc(/C=C/c4ccc(N(CCCF)C(=O)OC(C)(C)C)nc4)cc3)sc2c1. The monoisotopic (exact) mass is 593 g/mol. The van der Waals surface area contributed by atoms with E-state index in [1.54, 1.807) is 51.5 Å².